The Balaban J connectivity index is 2.06. The van der Waals surface area contributed by atoms with Crippen molar-refractivity contribution in [2.45, 2.75) is 33.7 Å². The van der Waals surface area contributed by atoms with Crippen LogP contribution in [0.5, 0.6) is 0 Å². The van der Waals surface area contributed by atoms with Crippen molar-refractivity contribution in [1.82, 2.24) is 9.03 Å². The summed E-state index contributed by atoms with van der Waals surface area (Å²) in [6.07, 6.45) is 0. The van der Waals surface area contributed by atoms with Crippen molar-refractivity contribution in [3.63, 3.8) is 0 Å². The van der Waals surface area contributed by atoms with Gasteiger partial charge < -0.3 is 5.32 Å². The van der Waals surface area contributed by atoms with Gasteiger partial charge in [0.05, 0.1) is 5.92 Å². The lowest BCUT2D eigenvalue weighted by Gasteiger charge is -2.18. The molecule has 2 N–H and O–H groups in total. The van der Waals surface area contributed by atoms with Crippen LogP contribution in [0.4, 0.5) is 10.1 Å². The molecule has 1 aromatic carbocycles. The lowest BCUT2D eigenvalue weighted by atomic mass is 9.97. The number of hydrogen-bond acceptors (Lipinski definition) is 3. The minimum Gasteiger partial charge on any atom is -0.326 e. The van der Waals surface area contributed by atoms with Gasteiger partial charge in [-0.15, -0.1) is 0 Å². The summed E-state index contributed by atoms with van der Waals surface area (Å²) >= 11 is 0. The van der Waals surface area contributed by atoms with E-state index in [1.54, 1.807) is 26.8 Å². The fourth-order valence-electron chi connectivity index (χ4n) is 2.79. The van der Waals surface area contributed by atoms with Gasteiger partial charge in [0, 0.05) is 24.8 Å². The summed E-state index contributed by atoms with van der Waals surface area (Å²) in [6.45, 7) is 7.40. The second-order valence-corrected chi connectivity index (χ2v) is 8.33. The van der Waals surface area contributed by atoms with Crippen LogP contribution in [0.25, 0.3) is 0 Å². The molecular formula is C16H24FN3O3S. The Morgan fingerprint density at radius 2 is 2.00 bits per heavy atom. The zero-order valence-electron chi connectivity index (χ0n) is 14.3. The number of hydrogen-bond donors (Lipinski definition) is 2. The predicted octanol–water partition coefficient (Wildman–Crippen LogP) is 1.88. The Bertz CT molecular complexity index is 721. The van der Waals surface area contributed by atoms with Gasteiger partial charge in [-0.05, 0) is 50.5 Å². The van der Waals surface area contributed by atoms with Gasteiger partial charge >= 0.3 is 0 Å². The zero-order chi connectivity index (χ0) is 18.1. The van der Waals surface area contributed by atoms with E-state index in [1.165, 1.54) is 16.4 Å². The van der Waals surface area contributed by atoms with Gasteiger partial charge in [0.1, 0.15) is 5.82 Å². The molecule has 0 spiro atoms. The molecule has 1 heterocycles. The van der Waals surface area contributed by atoms with Crippen molar-refractivity contribution < 1.29 is 17.6 Å². The second-order valence-electron chi connectivity index (χ2n) is 6.63. The molecular weight excluding hydrogens is 333 g/mol. The van der Waals surface area contributed by atoms with E-state index in [2.05, 4.69) is 10.0 Å². The third-order valence-electron chi connectivity index (χ3n) is 4.07. The van der Waals surface area contributed by atoms with Crippen molar-refractivity contribution in [3.05, 3.63) is 29.6 Å². The quantitative estimate of drug-likeness (QED) is 0.845. The molecule has 0 aromatic heterocycles. The number of nitrogens with one attached hydrogen (secondary N) is 2. The Morgan fingerprint density at radius 3 is 2.58 bits per heavy atom. The lowest BCUT2D eigenvalue weighted by molar-refractivity contribution is -0.120. The molecule has 24 heavy (non-hydrogen) atoms. The number of benzene rings is 1. The number of anilines is 1. The van der Waals surface area contributed by atoms with Crippen LogP contribution in [0.3, 0.4) is 0 Å². The highest BCUT2D eigenvalue weighted by molar-refractivity contribution is 7.87. The van der Waals surface area contributed by atoms with E-state index in [9.17, 15) is 17.6 Å². The first-order chi connectivity index (χ1) is 11.1. The first-order valence-electron chi connectivity index (χ1n) is 7.94. The molecule has 1 saturated heterocycles. The standard InChI is InChI=1S/C16H24FN3O3S/c1-10(2)19-24(22,23)20-8-12(4)14(9-20)16(21)18-13-5-6-15(17)11(3)7-13/h5-7,10,12,14,19H,8-9H2,1-4H3,(H,18,21)/t12-,14?/m1/s1. The number of rotatable bonds is 5. The average molecular weight is 357 g/mol. The molecule has 134 valence electrons. The second kappa shape index (κ2) is 7.16. The highest BCUT2D eigenvalue weighted by atomic mass is 32.2. The van der Waals surface area contributed by atoms with Crippen molar-refractivity contribution in [2.75, 3.05) is 18.4 Å². The van der Waals surface area contributed by atoms with Crippen LogP contribution < -0.4 is 10.0 Å². The van der Waals surface area contributed by atoms with Gasteiger partial charge in [-0.25, -0.2) is 4.39 Å². The number of halogens is 1. The average Bonchev–Trinajstić information content (AvgIpc) is 2.84. The number of amides is 1. The summed E-state index contributed by atoms with van der Waals surface area (Å²) < 4.78 is 41.6. The van der Waals surface area contributed by atoms with Gasteiger partial charge in [0.2, 0.25) is 5.91 Å². The van der Waals surface area contributed by atoms with E-state index in [4.69, 9.17) is 0 Å². The molecule has 0 saturated carbocycles. The van der Waals surface area contributed by atoms with Gasteiger partial charge in [-0.3, -0.25) is 4.79 Å². The van der Waals surface area contributed by atoms with Crippen molar-refractivity contribution >= 4 is 21.8 Å². The Morgan fingerprint density at radius 1 is 1.33 bits per heavy atom. The van der Waals surface area contributed by atoms with Crippen LogP contribution in [0, 0.1) is 24.6 Å². The fourth-order valence-corrected chi connectivity index (χ4v) is 4.32. The minimum atomic E-state index is -3.59. The van der Waals surface area contributed by atoms with Gasteiger partial charge in [-0.1, -0.05) is 6.92 Å². The minimum absolute atomic E-state index is 0.102. The SMILES string of the molecule is Cc1cc(NC(=O)C2CN(S(=O)(=O)NC(C)C)C[C@H]2C)ccc1F. The topological polar surface area (TPSA) is 78.5 Å². The monoisotopic (exact) mass is 357 g/mol. The Labute approximate surface area is 142 Å². The smallest absolute Gasteiger partial charge is 0.279 e. The molecule has 1 aliphatic rings. The Kier molecular flexibility index (Phi) is 5.62. The van der Waals surface area contributed by atoms with Gasteiger partial charge in [0.15, 0.2) is 0 Å². The number of carbonyl (C=O) groups excluding carboxylic acids is 1. The fraction of sp³-hybridized carbons (Fsp3) is 0.562. The first-order valence-corrected chi connectivity index (χ1v) is 9.38. The van der Waals surface area contributed by atoms with E-state index in [0.717, 1.165) is 0 Å². The summed E-state index contributed by atoms with van der Waals surface area (Å²) in [5, 5.41) is 2.75. The molecule has 8 heteroatoms. The van der Waals surface area contributed by atoms with Crippen LogP contribution >= 0.6 is 0 Å². The molecule has 6 nitrogen and oxygen atoms in total. The zero-order valence-corrected chi connectivity index (χ0v) is 15.2. The maximum atomic E-state index is 13.3. The van der Waals surface area contributed by atoms with Gasteiger partial charge in [-0.2, -0.15) is 17.4 Å². The number of nitrogens with zero attached hydrogens (tertiary/aromatic N) is 1. The van der Waals surface area contributed by atoms with E-state index >= 15 is 0 Å². The molecule has 1 fully saturated rings. The molecule has 1 aromatic rings. The van der Waals surface area contributed by atoms with Crippen LogP contribution in [0.15, 0.2) is 18.2 Å². The van der Waals surface area contributed by atoms with Gasteiger partial charge in [0.25, 0.3) is 10.2 Å². The lowest BCUT2D eigenvalue weighted by Crippen LogP contribution is -2.43. The summed E-state index contributed by atoms with van der Waals surface area (Å²) in [6, 6.07) is 4.14. The van der Waals surface area contributed by atoms with Crippen molar-refractivity contribution in [3.8, 4) is 0 Å². The predicted molar refractivity (Wildman–Crippen MR) is 91.2 cm³/mol. The molecule has 1 aliphatic heterocycles. The highest BCUT2D eigenvalue weighted by Crippen LogP contribution is 2.26. The largest absolute Gasteiger partial charge is 0.326 e. The summed E-state index contributed by atoms with van der Waals surface area (Å²) in [5.41, 5.74) is 0.949. The third-order valence-corrected chi connectivity index (χ3v) is 5.81. The van der Waals surface area contributed by atoms with Crippen LogP contribution in [0.1, 0.15) is 26.3 Å². The first kappa shape index (κ1) is 18.8. The van der Waals surface area contributed by atoms with E-state index in [-0.39, 0.29) is 30.2 Å². The maximum absolute atomic E-state index is 13.3. The molecule has 1 unspecified atom stereocenters. The number of carbonyl (C=O) groups is 1. The highest BCUT2D eigenvalue weighted by Gasteiger charge is 2.40. The van der Waals surface area contributed by atoms with E-state index in [1.807, 2.05) is 6.92 Å². The summed E-state index contributed by atoms with van der Waals surface area (Å²) in [4.78, 5) is 12.5. The van der Waals surface area contributed by atoms with Crippen molar-refractivity contribution in [2.24, 2.45) is 11.8 Å². The van der Waals surface area contributed by atoms with Crippen LogP contribution in [-0.2, 0) is 15.0 Å². The molecule has 2 rings (SSSR count). The Hall–Kier alpha value is -1.51. The third kappa shape index (κ3) is 4.31. The van der Waals surface area contributed by atoms with E-state index in [0.29, 0.717) is 17.8 Å². The normalized spacial score (nSPS) is 22.1. The maximum Gasteiger partial charge on any atom is 0.279 e. The molecule has 0 radical (unpaired) electrons. The van der Waals surface area contributed by atoms with Crippen LogP contribution in [0.2, 0.25) is 0 Å². The van der Waals surface area contributed by atoms with E-state index < -0.39 is 16.1 Å². The van der Waals surface area contributed by atoms with Crippen molar-refractivity contribution in [1.29, 1.82) is 0 Å². The van der Waals surface area contributed by atoms with Crippen LogP contribution in [-0.4, -0.2) is 37.8 Å². The molecule has 1 amide bonds. The summed E-state index contributed by atoms with van der Waals surface area (Å²) in [7, 11) is -3.59. The number of aryl methyl sites for hydroxylation is 1. The molecule has 0 bridgehead atoms. The molecule has 0 aliphatic carbocycles. The summed E-state index contributed by atoms with van der Waals surface area (Å²) in [5.74, 6) is -1.13. The molecule has 2 atom stereocenters.